The van der Waals surface area contributed by atoms with E-state index in [-0.39, 0.29) is 16.7 Å². The Morgan fingerprint density at radius 3 is 2.72 bits per heavy atom. The summed E-state index contributed by atoms with van der Waals surface area (Å²) in [4.78, 5) is 20.1. The number of likely N-dealkylation sites (tertiary alicyclic amines) is 1. The van der Waals surface area contributed by atoms with Crippen LogP contribution in [0.1, 0.15) is 24.3 Å². The monoisotopic (exact) mass is 555 g/mol. The first-order chi connectivity index (χ1) is 18.8. The zero-order chi connectivity index (χ0) is 27.4. The molecule has 1 unspecified atom stereocenters. The maximum atomic E-state index is 13.3. The maximum Gasteiger partial charge on any atom is 0.243 e. The van der Waals surface area contributed by atoms with Gasteiger partial charge >= 0.3 is 0 Å². The molecule has 5 rings (SSSR count). The van der Waals surface area contributed by atoms with Crippen LogP contribution in [0.25, 0.3) is 11.4 Å². The molecule has 3 aromatic rings. The largest absolute Gasteiger partial charge is 0.495 e. The van der Waals surface area contributed by atoms with E-state index in [2.05, 4.69) is 20.4 Å². The highest BCUT2D eigenvalue weighted by molar-refractivity contribution is 7.89. The number of carbonyl (C=O) groups is 1. The first kappa shape index (κ1) is 27.3. The molecule has 2 aromatic carbocycles. The van der Waals surface area contributed by atoms with Crippen molar-refractivity contribution in [2.24, 2.45) is 5.92 Å². The molecule has 2 fully saturated rings. The predicted octanol–water partition coefficient (Wildman–Crippen LogP) is 2.93. The fraction of sp³-hybridized carbons (Fsp3) is 0.444. The molecule has 2 saturated heterocycles. The number of aryl methyl sites for hydroxylation is 1. The van der Waals surface area contributed by atoms with Gasteiger partial charge in [0.25, 0.3) is 0 Å². The average molecular weight is 556 g/mol. The number of morpholine rings is 1. The van der Waals surface area contributed by atoms with Crippen LogP contribution in [0.3, 0.4) is 0 Å². The van der Waals surface area contributed by atoms with Gasteiger partial charge < -0.3 is 19.3 Å². The number of nitrogens with one attached hydrogen (secondary N) is 1. The fourth-order valence-corrected chi connectivity index (χ4v) is 6.41. The number of ether oxygens (including phenoxy) is 2. The normalized spacial score (nSPS) is 19.1. The van der Waals surface area contributed by atoms with Crippen LogP contribution in [0, 0.1) is 12.8 Å². The lowest BCUT2D eigenvalue weighted by molar-refractivity contribution is -0.121. The number of carbonyl (C=O) groups excluding carboxylic acids is 1. The smallest absolute Gasteiger partial charge is 0.243 e. The molecule has 3 heterocycles. The van der Waals surface area contributed by atoms with Gasteiger partial charge in [-0.1, -0.05) is 29.4 Å². The highest BCUT2D eigenvalue weighted by atomic mass is 32.2. The highest BCUT2D eigenvalue weighted by Gasteiger charge is 2.30. The van der Waals surface area contributed by atoms with E-state index in [4.69, 9.17) is 14.0 Å². The Morgan fingerprint density at radius 2 is 1.95 bits per heavy atom. The van der Waals surface area contributed by atoms with E-state index in [9.17, 15) is 13.2 Å². The lowest BCUT2D eigenvalue weighted by atomic mass is 9.97. The summed E-state index contributed by atoms with van der Waals surface area (Å²) in [5, 5.41) is 7.05. The van der Waals surface area contributed by atoms with Crippen molar-refractivity contribution in [3.05, 3.63) is 53.9 Å². The first-order valence-corrected chi connectivity index (χ1v) is 14.5. The van der Waals surface area contributed by atoms with Crippen molar-refractivity contribution in [1.82, 2.24) is 19.3 Å². The molecule has 0 saturated carbocycles. The summed E-state index contributed by atoms with van der Waals surface area (Å²) in [5.74, 6) is 0.962. The third kappa shape index (κ3) is 6.14. The van der Waals surface area contributed by atoms with Crippen molar-refractivity contribution in [2.45, 2.75) is 31.2 Å². The Bertz CT molecular complexity index is 1420. The van der Waals surface area contributed by atoms with Gasteiger partial charge in [0.1, 0.15) is 5.75 Å². The average Bonchev–Trinajstić information content (AvgIpc) is 3.42. The number of nitrogens with zero attached hydrogens (tertiary/aromatic N) is 4. The first-order valence-electron chi connectivity index (χ1n) is 13.0. The third-order valence-corrected chi connectivity index (χ3v) is 9.02. The summed E-state index contributed by atoms with van der Waals surface area (Å²) in [6, 6.07) is 12.4. The number of hydrogen-bond acceptors (Lipinski definition) is 9. The maximum absolute atomic E-state index is 13.3. The molecule has 2 aliphatic heterocycles. The molecule has 208 valence electrons. The van der Waals surface area contributed by atoms with Crippen LogP contribution in [0.4, 0.5) is 5.69 Å². The van der Waals surface area contributed by atoms with Crippen molar-refractivity contribution < 1.29 is 27.2 Å². The zero-order valence-corrected chi connectivity index (χ0v) is 22.9. The molecule has 12 heteroatoms. The molecule has 1 aromatic heterocycles. The molecule has 0 radical (unpaired) electrons. The molecule has 0 bridgehead atoms. The molecule has 39 heavy (non-hydrogen) atoms. The van der Waals surface area contributed by atoms with E-state index >= 15 is 0 Å². The second kappa shape index (κ2) is 11.8. The molecular formula is C27H33N5O6S. The highest BCUT2D eigenvalue weighted by Crippen LogP contribution is 2.31. The van der Waals surface area contributed by atoms with Gasteiger partial charge in [0.15, 0.2) is 0 Å². The van der Waals surface area contributed by atoms with E-state index in [0.717, 1.165) is 24.1 Å². The summed E-state index contributed by atoms with van der Waals surface area (Å²) in [6.45, 7) is 5.06. The van der Waals surface area contributed by atoms with Crippen molar-refractivity contribution in [3.8, 4) is 17.1 Å². The Morgan fingerprint density at radius 1 is 1.15 bits per heavy atom. The van der Waals surface area contributed by atoms with Gasteiger partial charge in [-0.2, -0.15) is 9.29 Å². The molecular weight excluding hydrogens is 522 g/mol. The van der Waals surface area contributed by atoms with E-state index in [1.807, 2.05) is 31.2 Å². The topological polar surface area (TPSA) is 127 Å². The Kier molecular flexibility index (Phi) is 8.26. The number of aromatic nitrogens is 2. The van der Waals surface area contributed by atoms with Crippen molar-refractivity contribution in [1.29, 1.82) is 0 Å². The van der Waals surface area contributed by atoms with Gasteiger partial charge in [0, 0.05) is 25.2 Å². The number of benzene rings is 2. The summed E-state index contributed by atoms with van der Waals surface area (Å²) in [6.07, 6.45) is 1.55. The summed E-state index contributed by atoms with van der Waals surface area (Å²) in [5.41, 5.74) is 2.32. The van der Waals surface area contributed by atoms with E-state index in [1.165, 1.54) is 23.5 Å². The lowest BCUT2D eigenvalue weighted by Crippen LogP contribution is -2.41. The number of amides is 1. The molecule has 1 atom stereocenters. The van der Waals surface area contributed by atoms with E-state index in [0.29, 0.717) is 69.0 Å². The zero-order valence-electron chi connectivity index (χ0n) is 22.1. The number of anilines is 1. The minimum Gasteiger partial charge on any atom is -0.495 e. The van der Waals surface area contributed by atoms with Crippen molar-refractivity contribution in [2.75, 3.05) is 51.8 Å². The van der Waals surface area contributed by atoms with E-state index < -0.39 is 10.0 Å². The van der Waals surface area contributed by atoms with Crippen LogP contribution >= 0.6 is 0 Å². The van der Waals surface area contributed by atoms with Crippen LogP contribution in [0.2, 0.25) is 0 Å². The Balaban J connectivity index is 1.25. The quantitative estimate of drug-likeness (QED) is 0.446. The van der Waals surface area contributed by atoms with E-state index in [1.54, 1.807) is 6.07 Å². The van der Waals surface area contributed by atoms with Gasteiger partial charge in [-0.05, 0) is 50.1 Å². The molecule has 0 spiro atoms. The second-order valence-corrected chi connectivity index (χ2v) is 11.7. The van der Waals surface area contributed by atoms with Gasteiger partial charge in [-0.25, -0.2) is 8.42 Å². The van der Waals surface area contributed by atoms with Crippen LogP contribution in [0.5, 0.6) is 5.75 Å². The Labute approximate surface area is 228 Å². The van der Waals surface area contributed by atoms with Gasteiger partial charge in [0.2, 0.25) is 27.6 Å². The molecule has 11 nitrogen and oxygen atoms in total. The van der Waals surface area contributed by atoms with Gasteiger partial charge in [0.05, 0.1) is 43.4 Å². The number of rotatable bonds is 8. The lowest BCUT2D eigenvalue weighted by Gasteiger charge is -2.31. The summed E-state index contributed by atoms with van der Waals surface area (Å²) < 4.78 is 43.9. The minimum absolute atomic E-state index is 0.103. The Hall–Kier alpha value is -3.32. The van der Waals surface area contributed by atoms with Crippen molar-refractivity contribution >= 4 is 21.6 Å². The number of hydrogen-bond donors (Lipinski definition) is 1. The third-order valence-electron chi connectivity index (χ3n) is 7.13. The number of piperidine rings is 1. The summed E-state index contributed by atoms with van der Waals surface area (Å²) in [7, 11) is -2.23. The predicted molar refractivity (Wildman–Crippen MR) is 144 cm³/mol. The fourth-order valence-electron chi connectivity index (χ4n) is 4.97. The van der Waals surface area contributed by atoms with Crippen molar-refractivity contribution in [3.63, 3.8) is 0 Å². The molecule has 1 amide bonds. The van der Waals surface area contributed by atoms with Crippen LogP contribution in [-0.2, 0) is 26.1 Å². The van der Waals surface area contributed by atoms with Crippen LogP contribution < -0.4 is 10.1 Å². The second-order valence-electron chi connectivity index (χ2n) is 9.77. The number of methoxy groups -OCH3 is 1. The van der Waals surface area contributed by atoms with Gasteiger partial charge in [-0.3, -0.25) is 9.69 Å². The standard InChI is InChI=1S/C27H33N5O6S/c1-19-6-3-4-8-22(19)26-29-25(38-30-26)18-31-11-5-7-20(17-31)27(33)28-23-16-21(9-10-24(23)36-2)39(34,35)32-12-14-37-15-13-32/h3-4,6,8-10,16,20H,5,7,11-15,17-18H2,1-2H3,(H,28,33). The van der Waals surface area contributed by atoms with Crippen LogP contribution in [0.15, 0.2) is 51.9 Å². The summed E-state index contributed by atoms with van der Waals surface area (Å²) >= 11 is 0. The van der Waals surface area contributed by atoms with Gasteiger partial charge in [-0.15, -0.1) is 0 Å². The molecule has 1 N–H and O–H groups in total. The number of sulfonamides is 1. The SMILES string of the molecule is COc1ccc(S(=O)(=O)N2CCOCC2)cc1NC(=O)C1CCCN(Cc2nc(-c3ccccc3C)no2)C1. The molecule has 0 aliphatic carbocycles. The minimum atomic E-state index is -3.72. The molecule has 2 aliphatic rings. The van der Waals surface area contributed by atoms with Crippen LogP contribution in [-0.4, -0.2) is 80.2 Å².